The molecule has 18 heteroatoms. The summed E-state index contributed by atoms with van der Waals surface area (Å²) in [6.45, 7) is 15.1. The zero-order valence-corrected chi connectivity index (χ0v) is 81.7. The van der Waals surface area contributed by atoms with Crippen LogP contribution >= 0.6 is 39.1 Å². The Kier molecular flexibility index (Phi) is 33.1. The van der Waals surface area contributed by atoms with Gasteiger partial charge in [0.25, 0.3) is 6.47 Å². The average Bonchev–Trinajstić information content (AvgIpc) is 1.61. The molecular formula is C109H95BrCl2K2N10O3. The second-order valence-corrected chi connectivity index (χ2v) is 33.5. The Balaban J connectivity index is 0.000000202. The van der Waals surface area contributed by atoms with Crippen molar-refractivity contribution < 1.29 is 119 Å². The molecule has 4 aromatic heterocycles. The Morgan fingerprint density at radius 3 is 1.05 bits per heavy atom. The van der Waals surface area contributed by atoms with Crippen molar-refractivity contribution in [2.24, 2.45) is 0 Å². The second-order valence-electron chi connectivity index (χ2n) is 32.2. The Morgan fingerprint density at radius 1 is 0.386 bits per heavy atom. The Bertz CT molecular complexity index is 6580. The largest absolute Gasteiger partial charge is 1.00 e. The second kappa shape index (κ2) is 44.8. The number of imidazole rings is 2. The molecule has 18 aromatic rings. The monoisotopic (exact) mass is 1820 g/mol. The molecular weight excluding hydrogens is 1730 g/mol. The van der Waals surface area contributed by atoms with Crippen molar-refractivity contribution in [3.8, 4) is 56.7 Å². The maximum atomic E-state index is 8.64. The molecule has 0 fully saturated rings. The topological polar surface area (TPSA) is 133 Å². The molecule has 0 bridgehead atoms. The van der Waals surface area contributed by atoms with Gasteiger partial charge in [0.15, 0.2) is 0 Å². The van der Waals surface area contributed by atoms with E-state index in [1.807, 2.05) is 67.0 Å². The van der Waals surface area contributed by atoms with Crippen molar-refractivity contribution in [3.63, 3.8) is 0 Å². The minimum atomic E-state index is -0.181. The predicted molar refractivity (Wildman–Crippen MR) is 520 cm³/mol. The minimum absolute atomic E-state index is 0. The Hall–Kier alpha value is -10.7. The summed E-state index contributed by atoms with van der Waals surface area (Å²) in [5.74, 6) is 1.79. The van der Waals surface area contributed by atoms with Crippen LogP contribution in [-0.2, 0) is 45.5 Å². The van der Waals surface area contributed by atoms with E-state index in [0.717, 1.165) is 130 Å². The maximum absolute atomic E-state index is 8.64. The van der Waals surface area contributed by atoms with Gasteiger partial charge in [-0.15, -0.1) is 0 Å². The third kappa shape index (κ3) is 23.6. The van der Waals surface area contributed by atoms with Crippen molar-refractivity contribution >= 4 is 113 Å². The minimum Gasteiger partial charge on any atom is -1.00 e. The number of halogens is 3. The molecule has 127 heavy (non-hydrogen) atoms. The van der Waals surface area contributed by atoms with E-state index in [2.05, 4.69) is 425 Å². The number of anilines is 8. The van der Waals surface area contributed by atoms with Gasteiger partial charge in [-0.25, -0.2) is 9.97 Å². The number of hydrogen-bond donors (Lipinski definition) is 1. The van der Waals surface area contributed by atoms with Gasteiger partial charge in [-0.05, 0) is 214 Å². The fraction of sp³-hybridized carbons (Fsp3) is 0.110. The van der Waals surface area contributed by atoms with Gasteiger partial charge in [-0.2, -0.15) is 0 Å². The first-order valence-electron chi connectivity index (χ1n) is 41.5. The summed E-state index contributed by atoms with van der Waals surface area (Å²) in [5, 5.41) is 14.3. The number of rotatable bonds is 22. The summed E-state index contributed by atoms with van der Waals surface area (Å²) < 4.78 is 4.45. The van der Waals surface area contributed by atoms with Crippen LogP contribution in [0.1, 0.15) is 76.3 Å². The number of nitrogens with one attached hydrogen (secondary N) is 1. The number of hydrogen-bond acceptors (Lipinski definition) is 11. The molecule has 622 valence electrons. The van der Waals surface area contributed by atoms with Crippen molar-refractivity contribution in [2.75, 3.05) is 20.0 Å². The van der Waals surface area contributed by atoms with Gasteiger partial charge in [0.1, 0.15) is 11.6 Å². The first kappa shape index (κ1) is 93.9. The van der Waals surface area contributed by atoms with E-state index in [0.29, 0.717) is 29.7 Å². The van der Waals surface area contributed by atoms with Crippen molar-refractivity contribution in [2.45, 2.75) is 77.3 Å². The summed E-state index contributed by atoms with van der Waals surface area (Å²) in [6, 6.07) is 135. The molecule has 4 heterocycles. The first-order valence-corrected chi connectivity index (χ1v) is 43.4. The molecule has 0 unspecified atom stereocenters. The number of aromatic nitrogens is 6. The van der Waals surface area contributed by atoms with E-state index in [4.69, 9.17) is 53.2 Å². The van der Waals surface area contributed by atoms with Crippen LogP contribution in [0.15, 0.2) is 401 Å². The molecule has 18 rings (SSSR count). The van der Waals surface area contributed by atoms with Crippen LogP contribution in [0.25, 0.3) is 78.7 Å². The van der Waals surface area contributed by atoms with Gasteiger partial charge in [-0.3, -0.25) is 23.9 Å². The quantitative estimate of drug-likeness (QED) is 0.0229. The fourth-order valence-corrected chi connectivity index (χ4v) is 16.0. The van der Waals surface area contributed by atoms with Crippen molar-refractivity contribution in [1.29, 1.82) is 0 Å². The van der Waals surface area contributed by atoms with Crippen LogP contribution in [-0.4, -0.2) is 35.5 Å². The van der Waals surface area contributed by atoms with Crippen LogP contribution in [0.2, 0.25) is 10.0 Å². The molecule has 1 N–H and O–H groups in total. The van der Waals surface area contributed by atoms with E-state index in [-0.39, 0.29) is 121 Å². The molecule has 0 aliphatic rings. The van der Waals surface area contributed by atoms with Gasteiger partial charge >= 0.3 is 103 Å². The van der Waals surface area contributed by atoms with Gasteiger partial charge in [0.05, 0.1) is 66.2 Å². The number of alkyl halides is 1. The number of pyridine rings is 2. The number of carbonyl (C=O) groups excluding carboxylic acids is 1. The SMILES string of the molecule is BrCc1ccccc1.CC(C)(C)c1ccnc(-c2ccc(N(Cc3ccccc3)c3cccc(N(Cc4ccccc4)c4ccc(-c5nc6ccccc6n5-c5ccccc5)cc4)c3Cl)cc2)c1.CC(C)(C)c1ccnc(-c2ccc(N(Cc3ccccc3)c3cccc(Nc4ccc(-c5nc6ccccc6n5-c5ccccc5)cc4)c3Cl)cc2)c1.O=CO[O-].[H-].[K+].[K+]. The van der Waals surface area contributed by atoms with E-state index in [1.165, 1.54) is 33.4 Å². The molecule has 0 amide bonds. The zero-order valence-electron chi connectivity index (χ0n) is 73.4. The number of fused-ring (bicyclic) bond motifs is 2. The number of carbonyl (C=O) groups is 1. The summed E-state index contributed by atoms with van der Waals surface area (Å²) in [6.07, 6.45) is 3.81. The van der Waals surface area contributed by atoms with Gasteiger partial charge in [-0.1, -0.05) is 299 Å². The molecule has 14 aromatic carbocycles. The molecule has 0 saturated carbocycles. The first-order chi connectivity index (χ1) is 61.0. The zero-order chi connectivity index (χ0) is 86.7. The standard InChI is InChI=1S/C54H46ClN5.C47H40ClN5.C7H7Br.CH2O3.2K.H/c1-54(2,3)43-34-35-56-48(36-43)41-26-30-44(31-27-41)58(37-39-16-7-4-8-17-39)50-24-15-25-51(52(50)55)59(38-40-18-9-5-10-19-40)45-32-28-42(29-33-45)53-57-47-22-13-14-23-49(47)60(53)46-20-11-6-12-21-46;1-47(2,3)36-29-30-49-42(31-36)34-23-27-38(28-24-34)52(32-33-13-6-4-7-14-33)44-20-12-18-41(45(44)48)50-37-25-21-35(22-26-37)46-51-40-17-10-11-19-43(40)53(46)39-15-8-5-9-16-39;8-6-7-4-2-1-3-5-7;2-1-4-3;;;/h4-36H,37-38H2,1-3H3;4-31,50H,32H2,1-3H3;1-5H,6H2;1,3H;;;/q;;;;2*+1;-1/p-1. The van der Waals surface area contributed by atoms with Crippen LogP contribution in [0.4, 0.5) is 45.5 Å². The van der Waals surface area contributed by atoms with Gasteiger partial charge < -0.3 is 31.6 Å². The van der Waals surface area contributed by atoms with Crippen molar-refractivity contribution in [3.05, 3.63) is 444 Å². The van der Waals surface area contributed by atoms with Crippen LogP contribution in [0.5, 0.6) is 0 Å². The fourth-order valence-electron chi connectivity index (χ4n) is 15.1. The number of nitrogens with zero attached hydrogens (tertiary/aromatic N) is 9. The van der Waals surface area contributed by atoms with Gasteiger partial charge in [0, 0.05) is 93.7 Å². The Morgan fingerprint density at radius 2 is 0.701 bits per heavy atom. The normalized spacial score (nSPS) is 10.9. The summed E-state index contributed by atoms with van der Waals surface area (Å²) in [7, 11) is 0. The summed E-state index contributed by atoms with van der Waals surface area (Å²) >= 11 is 18.3. The van der Waals surface area contributed by atoms with Crippen LogP contribution < -0.4 is 128 Å². The maximum Gasteiger partial charge on any atom is 1.00 e. The van der Waals surface area contributed by atoms with E-state index in [1.54, 1.807) is 0 Å². The third-order valence-electron chi connectivity index (χ3n) is 21.6. The van der Waals surface area contributed by atoms with Crippen LogP contribution in [0, 0.1) is 0 Å². The molecule has 13 nitrogen and oxygen atoms in total. The smallest absolute Gasteiger partial charge is 1.00 e. The molecule has 0 saturated heterocycles. The summed E-state index contributed by atoms with van der Waals surface area (Å²) in [5.41, 5.74) is 27.4. The Labute approximate surface area is 849 Å². The van der Waals surface area contributed by atoms with Crippen molar-refractivity contribution in [1.82, 2.24) is 29.1 Å². The number of para-hydroxylation sites is 6. The molecule has 0 aliphatic carbocycles. The summed E-state index contributed by atoms with van der Waals surface area (Å²) in [4.78, 5) is 37.7. The van der Waals surface area contributed by atoms with E-state index < -0.39 is 0 Å². The average molecular weight is 1820 g/mol. The van der Waals surface area contributed by atoms with E-state index >= 15 is 0 Å². The molecule has 0 radical (unpaired) electrons. The van der Waals surface area contributed by atoms with Gasteiger partial charge in [0.2, 0.25) is 0 Å². The predicted octanol–water partition coefficient (Wildman–Crippen LogP) is 22.3. The molecule has 0 atom stereocenters. The van der Waals surface area contributed by atoms with E-state index in [9.17, 15) is 0 Å². The van der Waals surface area contributed by atoms with Crippen LogP contribution in [0.3, 0.4) is 0 Å². The molecule has 0 aliphatic heterocycles. The number of benzene rings is 14. The third-order valence-corrected chi connectivity index (χ3v) is 23.0. The molecule has 0 spiro atoms.